The van der Waals surface area contributed by atoms with Gasteiger partial charge in [-0.2, -0.15) is 0 Å². The zero-order chi connectivity index (χ0) is 15.1. The molecule has 1 aromatic carbocycles. The van der Waals surface area contributed by atoms with Crippen LogP contribution in [0, 0.1) is 6.92 Å². The zero-order valence-electron chi connectivity index (χ0n) is 12.4. The van der Waals surface area contributed by atoms with Gasteiger partial charge in [0.15, 0.2) is 5.06 Å². The molecule has 2 aromatic heterocycles. The molecule has 1 N–H and O–H groups in total. The van der Waals surface area contributed by atoms with E-state index in [1.54, 1.807) is 22.7 Å². The number of nitrogens with zero attached hydrogens (tertiary/aromatic N) is 1. The van der Waals surface area contributed by atoms with Crippen LogP contribution in [0.2, 0.25) is 0 Å². The Labute approximate surface area is 138 Å². The summed E-state index contributed by atoms with van der Waals surface area (Å²) in [5, 5.41) is 13.8. The van der Waals surface area contributed by atoms with Crippen molar-refractivity contribution in [2.75, 3.05) is 0 Å². The van der Waals surface area contributed by atoms with Crippen molar-refractivity contribution >= 4 is 22.7 Å². The summed E-state index contributed by atoms with van der Waals surface area (Å²) in [6.07, 6.45) is 4.62. The third-order valence-corrected chi connectivity index (χ3v) is 6.17. The second kappa shape index (κ2) is 5.52. The van der Waals surface area contributed by atoms with Crippen molar-refractivity contribution in [1.29, 1.82) is 0 Å². The van der Waals surface area contributed by atoms with E-state index in [0.717, 1.165) is 34.7 Å². The van der Waals surface area contributed by atoms with Gasteiger partial charge in [-0.05, 0) is 38.2 Å². The predicted octanol–water partition coefficient (Wildman–Crippen LogP) is 5.43. The highest BCUT2D eigenvalue weighted by atomic mass is 32.1. The molecule has 1 aliphatic rings. The highest BCUT2D eigenvalue weighted by Gasteiger charge is 2.23. The molecule has 0 aliphatic heterocycles. The number of rotatable bonds is 2. The van der Waals surface area contributed by atoms with Gasteiger partial charge in [0.2, 0.25) is 0 Å². The highest BCUT2D eigenvalue weighted by Crippen LogP contribution is 2.46. The Balaban J connectivity index is 1.76. The van der Waals surface area contributed by atoms with Gasteiger partial charge < -0.3 is 5.11 Å². The number of aromatic hydroxyl groups is 1. The quantitative estimate of drug-likeness (QED) is 0.680. The van der Waals surface area contributed by atoms with Crippen LogP contribution in [-0.2, 0) is 12.8 Å². The van der Waals surface area contributed by atoms with Crippen LogP contribution in [0.5, 0.6) is 5.06 Å². The fourth-order valence-corrected chi connectivity index (χ4v) is 5.11. The molecule has 0 fully saturated rings. The van der Waals surface area contributed by atoms with Gasteiger partial charge in [0.25, 0.3) is 0 Å². The number of aromatic nitrogens is 1. The molecule has 1 aliphatic carbocycles. The van der Waals surface area contributed by atoms with Crippen LogP contribution >= 0.6 is 22.7 Å². The molecular formula is C18H17NOS2. The summed E-state index contributed by atoms with van der Waals surface area (Å²) < 4.78 is 0. The molecule has 0 radical (unpaired) electrons. The largest absolute Gasteiger partial charge is 0.499 e. The summed E-state index contributed by atoms with van der Waals surface area (Å²) in [7, 11) is 0. The van der Waals surface area contributed by atoms with Gasteiger partial charge in [-0.1, -0.05) is 29.8 Å². The molecule has 0 bridgehead atoms. The summed E-state index contributed by atoms with van der Waals surface area (Å²) in [4.78, 5) is 6.14. The maximum atomic E-state index is 10.4. The molecule has 4 rings (SSSR count). The lowest BCUT2D eigenvalue weighted by molar-refractivity contribution is 0.492. The van der Waals surface area contributed by atoms with Crippen molar-refractivity contribution in [3.05, 3.63) is 45.6 Å². The van der Waals surface area contributed by atoms with Gasteiger partial charge in [-0.25, -0.2) is 4.98 Å². The maximum absolute atomic E-state index is 10.4. The van der Waals surface area contributed by atoms with E-state index in [1.807, 2.05) is 0 Å². The van der Waals surface area contributed by atoms with Crippen molar-refractivity contribution in [2.24, 2.45) is 0 Å². The number of benzene rings is 1. The van der Waals surface area contributed by atoms with Crippen LogP contribution in [0.1, 0.15) is 28.8 Å². The fourth-order valence-electron chi connectivity index (χ4n) is 3.02. The minimum atomic E-state index is 0.441. The van der Waals surface area contributed by atoms with Gasteiger partial charge in [0, 0.05) is 15.8 Å². The lowest BCUT2D eigenvalue weighted by Gasteiger charge is -2.11. The molecule has 2 nitrogen and oxygen atoms in total. The number of hydrogen-bond acceptors (Lipinski definition) is 4. The Hall–Kier alpha value is -1.65. The summed E-state index contributed by atoms with van der Waals surface area (Å²) in [6.45, 7) is 2.09. The minimum absolute atomic E-state index is 0.441. The number of thiophene rings is 1. The lowest BCUT2D eigenvalue weighted by Crippen LogP contribution is -1.99. The third kappa shape index (κ3) is 2.36. The first kappa shape index (κ1) is 14.0. The molecule has 0 spiro atoms. The Morgan fingerprint density at radius 3 is 2.68 bits per heavy atom. The van der Waals surface area contributed by atoms with E-state index in [-0.39, 0.29) is 0 Å². The Morgan fingerprint density at radius 1 is 1.09 bits per heavy atom. The lowest BCUT2D eigenvalue weighted by atomic mass is 9.96. The van der Waals surface area contributed by atoms with Crippen LogP contribution in [0.4, 0.5) is 0 Å². The molecule has 0 unspecified atom stereocenters. The van der Waals surface area contributed by atoms with E-state index >= 15 is 0 Å². The monoisotopic (exact) mass is 327 g/mol. The molecule has 2 heterocycles. The van der Waals surface area contributed by atoms with E-state index < -0.39 is 0 Å². The summed E-state index contributed by atoms with van der Waals surface area (Å²) in [6, 6.07) is 8.44. The van der Waals surface area contributed by atoms with Gasteiger partial charge >= 0.3 is 0 Å². The number of fused-ring (bicyclic) bond motifs is 1. The van der Waals surface area contributed by atoms with Crippen LogP contribution in [0.3, 0.4) is 0 Å². The zero-order valence-corrected chi connectivity index (χ0v) is 14.1. The van der Waals surface area contributed by atoms with Crippen molar-refractivity contribution < 1.29 is 5.11 Å². The van der Waals surface area contributed by atoms with Crippen molar-refractivity contribution in [2.45, 2.75) is 32.6 Å². The SMILES string of the molecule is Cc1ccc(-c2csc(-c3c(O)sc4c3CCCC4)n2)cc1. The minimum Gasteiger partial charge on any atom is -0.499 e. The Bertz CT molecular complexity index is 814. The van der Waals surface area contributed by atoms with Crippen molar-refractivity contribution in [3.63, 3.8) is 0 Å². The molecule has 4 heteroatoms. The van der Waals surface area contributed by atoms with Crippen LogP contribution in [0.15, 0.2) is 29.6 Å². The molecule has 112 valence electrons. The summed E-state index contributed by atoms with van der Waals surface area (Å²) in [5.74, 6) is 0. The van der Waals surface area contributed by atoms with Gasteiger partial charge in [-0.3, -0.25) is 0 Å². The summed E-state index contributed by atoms with van der Waals surface area (Å²) >= 11 is 3.17. The Kier molecular flexibility index (Phi) is 3.51. The molecule has 3 aromatic rings. The fraction of sp³-hybridized carbons (Fsp3) is 0.278. The molecule has 0 amide bonds. The second-order valence-electron chi connectivity index (χ2n) is 5.79. The second-order valence-corrected chi connectivity index (χ2v) is 7.74. The first-order valence-corrected chi connectivity index (χ1v) is 9.28. The van der Waals surface area contributed by atoms with Gasteiger partial charge in [-0.15, -0.1) is 22.7 Å². The Morgan fingerprint density at radius 2 is 1.86 bits per heavy atom. The number of thiazole rings is 1. The van der Waals surface area contributed by atoms with Crippen LogP contribution in [-0.4, -0.2) is 10.1 Å². The third-order valence-electron chi connectivity index (χ3n) is 4.22. The average molecular weight is 327 g/mol. The molecule has 0 saturated heterocycles. The van der Waals surface area contributed by atoms with E-state index in [9.17, 15) is 5.11 Å². The van der Waals surface area contributed by atoms with Crippen molar-refractivity contribution in [1.82, 2.24) is 4.98 Å². The summed E-state index contributed by atoms with van der Waals surface area (Å²) in [5.41, 5.74) is 5.71. The van der Waals surface area contributed by atoms with Gasteiger partial charge in [0.05, 0.1) is 11.3 Å². The number of hydrogen-bond donors (Lipinski definition) is 1. The maximum Gasteiger partial charge on any atom is 0.182 e. The van der Waals surface area contributed by atoms with Gasteiger partial charge in [0.1, 0.15) is 5.01 Å². The number of aryl methyl sites for hydroxylation is 2. The van der Waals surface area contributed by atoms with Crippen LogP contribution in [0.25, 0.3) is 21.8 Å². The molecular weight excluding hydrogens is 310 g/mol. The predicted molar refractivity (Wildman–Crippen MR) is 93.9 cm³/mol. The topological polar surface area (TPSA) is 33.1 Å². The molecule has 0 saturated carbocycles. The smallest absolute Gasteiger partial charge is 0.182 e. The standard InChI is InChI=1S/C18H17NOS2/c1-11-6-8-12(9-7-11)14-10-21-17(19-14)16-13-4-2-3-5-15(13)22-18(16)20/h6-10,20H,2-5H2,1H3. The van der Waals surface area contributed by atoms with Crippen LogP contribution < -0.4 is 0 Å². The highest BCUT2D eigenvalue weighted by molar-refractivity contribution is 7.16. The van der Waals surface area contributed by atoms with E-state index in [0.29, 0.717) is 5.06 Å². The first-order valence-electron chi connectivity index (χ1n) is 7.59. The first-order chi connectivity index (χ1) is 10.7. The van der Waals surface area contributed by atoms with Crippen molar-refractivity contribution in [3.8, 4) is 26.9 Å². The average Bonchev–Trinajstić information content (AvgIpc) is 3.11. The van der Waals surface area contributed by atoms with E-state index in [1.165, 1.54) is 28.8 Å². The molecule has 22 heavy (non-hydrogen) atoms. The van der Waals surface area contributed by atoms with E-state index in [4.69, 9.17) is 4.98 Å². The normalized spacial score (nSPS) is 14.0. The molecule has 0 atom stereocenters. The van der Waals surface area contributed by atoms with E-state index in [2.05, 4.69) is 36.6 Å².